The summed E-state index contributed by atoms with van der Waals surface area (Å²) in [7, 11) is 0. The molecule has 0 aliphatic carbocycles. The number of aromatic nitrogens is 5. The molecule has 0 amide bonds. The third-order valence-corrected chi connectivity index (χ3v) is 3.03. The van der Waals surface area contributed by atoms with Crippen LogP contribution in [0.3, 0.4) is 0 Å². The first-order valence-electron chi connectivity index (χ1n) is 5.99. The van der Waals surface area contributed by atoms with Crippen LogP contribution in [0.15, 0.2) is 42.7 Å². The monoisotopic (exact) mass is 286 g/mol. The zero-order valence-corrected chi connectivity index (χ0v) is 11.2. The predicted octanol–water partition coefficient (Wildman–Crippen LogP) is 2.53. The Labute approximate surface area is 120 Å². The highest BCUT2D eigenvalue weighted by atomic mass is 35.5. The quantitative estimate of drug-likeness (QED) is 0.770. The number of H-pyrrole nitrogens is 1. The van der Waals surface area contributed by atoms with E-state index in [0.29, 0.717) is 23.2 Å². The molecular weight excluding hydrogens is 276 g/mol. The first-order valence-corrected chi connectivity index (χ1v) is 6.37. The van der Waals surface area contributed by atoms with Gasteiger partial charge in [-0.15, -0.1) is 5.10 Å². The van der Waals surface area contributed by atoms with Crippen molar-refractivity contribution < 1.29 is 0 Å². The van der Waals surface area contributed by atoms with E-state index in [1.807, 2.05) is 30.3 Å². The van der Waals surface area contributed by atoms with E-state index in [-0.39, 0.29) is 0 Å². The zero-order chi connectivity index (χ0) is 13.8. The molecule has 0 atom stereocenters. The van der Waals surface area contributed by atoms with E-state index >= 15 is 0 Å². The van der Waals surface area contributed by atoms with Gasteiger partial charge in [0, 0.05) is 11.8 Å². The Kier molecular flexibility index (Phi) is 3.56. The van der Waals surface area contributed by atoms with Crippen molar-refractivity contribution in [3.05, 3.63) is 53.4 Å². The summed E-state index contributed by atoms with van der Waals surface area (Å²) in [6.07, 6.45) is 3.28. The number of anilines is 1. The molecule has 0 aliphatic heterocycles. The van der Waals surface area contributed by atoms with Gasteiger partial charge in [-0.25, -0.2) is 4.98 Å². The molecule has 0 fully saturated rings. The molecule has 0 radical (unpaired) electrons. The van der Waals surface area contributed by atoms with Gasteiger partial charge in [-0.1, -0.05) is 29.8 Å². The summed E-state index contributed by atoms with van der Waals surface area (Å²) in [4.78, 5) is 4.40. The normalized spacial score (nSPS) is 10.4. The minimum absolute atomic E-state index is 0.442. The molecule has 2 heterocycles. The smallest absolute Gasteiger partial charge is 0.243 e. The number of halogens is 1. The van der Waals surface area contributed by atoms with Crippen molar-refractivity contribution in [1.82, 2.24) is 25.4 Å². The number of nitrogens with zero attached hydrogens (tertiary/aromatic N) is 4. The van der Waals surface area contributed by atoms with Crippen LogP contribution in [-0.2, 0) is 6.54 Å². The van der Waals surface area contributed by atoms with E-state index < -0.39 is 0 Å². The van der Waals surface area contributed by atoms with Crippen LogP contribution >= 0.6 is 11.6 Å². The van der Waals surface area contributed by atoms with Gasteiger partial charge >= 0.3 is 0 Å². The lowest BCUT2D eigenvalue weighted by atomic mass is 10.2. The van der Waals surface area contributed by atoms with E-state index in [1.165, 1.54) is 0 Å². The lowest BCUT2D eigenvalue weighted by molar-refractivity contribution is 0.923. The zero-order valence-electron chi connectivity index (χ0n) is 10.4. The number of rotatable bonds is 4. The SMILES string of the molecule is Clc1ccccc1-c1cnnc(NCc2ccn[nH]2)n1. The highest BCUT2D eigenvalue weighted by Gasteiger charge is 2.06. The molecule has 6 nitrogen and oxygen atoms in total. The second-order valence-electron chi connectivity index (χ2n) is 4.08. The van der Waals surface area contributed by atoms with E-state index in [1.54, 1.807) is 12.4 Å². The molecule has 1 aromatic carbocycles. The van der Waals surface area contributed by atoms with Crippen LogP contribution in [0, 0.1) is 0 Å². The van der Waals surface area contributed by atoms with Gasteiger partial charge < -0.3 is 5.32 Å². The largest absolute Gasteiger partial charge is 0.347 e. The lowest BCUT2D eigenvalue weighted by Gasteiger charge is -2.05. The third kappa shape index (κ3) is 2.75. The molecule has 0 saturated heterocycles. The van der Waals surface area contributed by atoms with E-state index in [9.17, 15) is 0 Å². The summed E-state index contributed by atoms with van der Waals surface area (Å²) in [5.74, 6) is 0.442. The van der Waals surface area contributed by atoms with Crippen molar-refractivity contribution in [1.29, 1.82) is 0 Å². The standard InChI is InChI=1S/C13H11ClN6/c14-11-4-2-1-3-10(11)12-8-17-20-13(18-12)15-7-9-5-6-16-19-9/h1-6,8H,7H2,(H,16,19)(H,15,18,20). The van der Waals surface area contributed by atoms with Crippen molar-refractivity contribution in [2.24, 2.45) is 0 Å². The molecule has 0 bridgehead atoms. The number of aromatic amines is 1. The van der Waals surface area contributed by atoms with E-state index in [4.69, 9.17) is 11.6 Å². The highest BCUT2D eigenvalue weighted by Crippen LogP contribution is 2.25. The summed E-state index contributed by atoms with van der Waals surface area (Å²) < 4.78 is 0. The Hall–Kier alpha value is -2.47. The number of hydrogen-bond donors (Lipinski definition) is 2. The second kappa shape index (κ2) is 5.66. The topological polar surface area (TPSA) is 79.4 Å². The third-order valence-electron chi connectivity index (χ3n) is 2.70. The molecule has 0 saturated carbocycles. The lowest BCUT2D eigenvalue weighted by Crippen LogP contribution is -2.05. The molecule has 3 aromatic rings. The molecule has 3 rings (SSSR count). The molecule has 100 valence electrons. The summed E-state index contributed by atoms with van der Waals surface area (Å²) in [6.45, 7) is 0.549. The number of hydrogen-bond acceptors (Lipinski definition) is 5. The van der Waals surface area contributed by atoms with Gasteiger partial charge in [0.15, 0.2) is 0 Å². The number of benzene rings is 1. The van der Waals surface area contributed by atoms with Crippen molar-refractivity contribution in [3.8, 4) is 11.3 Å². The van der Waals surface area contributed by atoms with Crippen LogP contribution in [0.1, 0.15) is 5.69 Å². The summed E-state index contributed by atoms with van der Waals surface area (Å²) in [6, 6.07) is 9.36. The van der Waals surface area contributed by atoms with Gasteiger partial charge in [-0.3, -0.25) is 5.10 Å². The Bertz CT molecular complexity index is 698. The Morgan fingerprint density at radius 1 is 1.20 bits per heavy atom. The molecule has 2 N–H and O–H groups in total. The van der Waals surface area contributed by atoms with Gasteiger partial charge in [0.25, 0.3) is 0 Å². The highest BCUT2D eigenvalue weighted by molar-refractivity contribution is 6.33. The van der Waals surface area contributed by atoms with Gasteiger partial charge in [0.1, 0.15) is 0 Å². The van der Waals surface area contributed by atoms with Crippen LogP contribution in [-0.4, -0.2) is 25.4 Å². The molecular formula is C13H11ClN6. The van der Waals surface area contributed by atoms with E-state index in [0.717, 1.165) is 11.3 Å². The van der Waals surface area contributed by atoms with Crippen LogP contribution in [0.2, 0.25) is 5.02 Å². The van der Waals surface area contributed by atoms with Gasteiger partial charge in [-0.2, -0.15) is 10.2 Å². The Morgan fingerprint density at radius 3 is 2.90 bits per heavy atom. The van der Waals surface area contributed by atoms with Crippen LogP contribution < -0.4 is 5.32 Å². The predicted molar refractivity (Wildman–Crippen MR) is 76.2 cm³/mol. The fourth-order valence-corrected chi connectivity index (χ4v) is 1.97. The minimum atomic E-state index is 0.442. The molecule has 0 aliphatic rings. The Balaban J connectivity index is 1.81. The molecule has 7 heteroatoms. The summed E-state index contributed by atoms with van der Waals surface area (Å²) in [5, 5.41) is 18.3. The maximum Gasteiger partial charge on any atom is 0.243 e. The average Bonchev–Trinajstić information content (AvgIpc) is 2.99. The van der Waals surface area contributed by atoms with Crippen molar-refractivity contribution >= 4 is 17.5 Å². The second-order valence-corrected chi connectivity index (χ2v) is 4.49. The molecule has 20 heavy (non-hydrogen) atoms. The van der Waals surface area contributed by atoms with Gasteiger partial charge in [-0.05, 0) is 12.1 Å². The van der Waals surface area contributed by atoms with Crippen LogP contribution in [0.5, 0.6) is 0 Å². The molecule has 0 unspecified atom stereocenters. The van der Waals surface area contributed by atoms with Gasteiger partial charge in [0.2, 0.25) is 5.95 Å². The molecule has 2 aromatic heterocycles. The molecule has 0 spiro atoms. The Morgan fingerprint density at radius 2 is 2.10 bits per heavy atom. The first kappa shape index (κ1) is 12.6. The first-order chi connectivity index (χ1) is 9.83. The minimum Gasteiger partial charge on any atom is -0.347 e. The van der Waals surface area contributed by atoms with Crippen molar-refractivity contribution in [3.63, 3.8) is 0 Å². The van der Waals surface area contributed by atoms with Gasteiger partial charge in [0.05, 0.1) is 29.2 Å². The number of nitrogens with one attached hydrogen (secondary N) is 2. The average molecular weight is 287 g/mol. The fraction of sp³-hybridized carbons (Fsp3) is 0.0769. The summed E-state index contributed by atoms with van der Waals surface area (Å²) in [5.41, 5.74) is 2.45. The van der Waals surface area contributed by atoms with Crippen molar-refractivity contribution in [2.75, 3.05) is 5.32 Å². The fourth-order valence-electron chi connectivity index (χ4n) is 1.73. The van der Waals surface area contributed by atoms with Crippen LogP contribution in [0.4, 0.5) is 5.95 Å². The maximum atomic E-state index is 6.15. The van der Waals surface area contributed by atoms with E-state index in [2.05, 4.69) is 30.7 Å². The summed E-state index contributed by atoms with van der Waals surface area (Å²) >= 11 is 6.15. The maximum absolute atomic E-state index is 6.15. The van der Waals surface area contributed by atoms with Crippen molar-refractivity contribution in [2.45, 2.75) is 6.54 Å². The van der Waals surface area contributed by atoms with Crippen LogP contribution in [0.25, 0.3) is 11.3 Å².